The second kappa shape index (κ2) is 7.61. The van der Waals surface area contributed by atoms with E-state index in [1.54, 1.807) is 13.8 Å². The highest BCUT2D eigenvalue weighted by atomic mass is 16.6. The van der Waals surface area contributed by atoms with Gasteiger partial charge in [-0.3, -0.25) is 4.79 Å². The van der Waals surface area contributed by atoms with Crippen LogP contribution in [0, 0.1) is 5.41 Å². The zero-order valence-corrected chi connectivity index (χ0v) is 13.9. The fraction of sp³-hybridized carbons (Fsp3) is 0.812. The minimum atomic E-state index is -0.756. The molecule has 1 aliphatic carbocycles. The molecule has 0 N–H and O–H groups in total. The summed E-state index contributed by atoms with van der Waals surface area (Å²) in [4.78, 5) is 34.8. The van der Waals surface area contributed by atoms with Gasteiger partial charge in [0.25, 0.3) is 0 Å². The van der Waals surface area contributed by atoms with Gasteiger partial charge in [-0.05, 0) is 52.9 Å². The summed E-state index contributed by atoms with van der Waals surface area (Å²) in [6, 6.07) is 0. The van der Waals surface area contributed by atoms with Crippen molar-refractivity contribution in [1.29, 1.82) is 0 Å². The Labute approximate surface area is 131 Å². The third-order valence-electron chi connectivity index (χ3n) is 4.13. The van der Waals surface area contributed by atoms with E-state index in [-0.39, 0.29) is 0 Å². The maximum Gasteiger partial charge on any atom is 0.344 e. The molecule has 0 radical (unpaired) electrons. The van der Waals surface area contributed by atoms with Crippen LogP contribution in [0.1, 0.15) is 59.8 Å². The monoisotopic (exact) mass is 314 g/mol. The normalized spacial score (nSPS) is 16.9. The van der Waals surface area contributed by atoms with E-state index >= 15 is 0 Å². The summed E-state index contributed by atoms with van der Waals surface area (Å²) >= 11 is 0. The first-order chi connectivity index (χ1) is 10.2. The van der Waals surface area contributed by atoms with Gasteiger partial charge in [0.05, 0.1) is 5.41 Å². The maximum atomic E-state index is 11.7. The Balaban J connectivity index is 2.25. The number of hydrogen-bond donors (Lipinski definition) is 0. The van der Waals surface area contributed by atoms with Gasteiger partial charge >= 0.3 is 17.9 Å². The molecular formula is C16H26O6. The van der Waals surface area contributed by atoms with Gasteiger partial charge in [-0.2, -0.15) is 0 Å². The summed E-state index contributed by atoms with van der Waals surface area (Å²) in [5.74, 6) is -1.79. The molecule has 0 spiro atoms. The molecule has 0 saturated heterocycles. The summed E-state index contributed by atoms with van der Waals surface area (Å²) in [6.45, 7) is 6.27. The van der Waals surface area contributed by atoms with Crippen LogP contribution < -0.4 is 0 Å². The second-order valence-electron chi connectivity index (χ2n) is 6.61. The Hall–Kier alpha value is -1.59. The third kappa shape index (κ3) is 5.66. The molecule has 126 valence electrons. The van der Waals surface area contributed by atoms with Crippen molar-refractivity contribution >= 4 is 17.9 Å². The molecule has 0 aromatic heterocycles. The fourth-order valence-corrected chi connectivity index (χ4v) is 2.17. The summed E-state index contributed by atoms with van der Waals surface area (Å²) < 4.78 is 15.0. The van der Waals surface area contributed by atoms with Crippen molar-refractivity contribution in [3.8, 4) is 0 Å². The number of ether oxygens (including phenoxy) is 3. The topological polar surface area (TPSA) is 78.9 Å². The molecule has 0 amide bonds. The molecule has 0 atom stereocenters. The minimum absolute atomic E-state index is 0.443. The van der Waals surface area contributed by atoms with Crippen LogP contribution in [0.25, 0.3) is 0 Å². The Kier molecular flexibility index (Phi) is 6.38. The number of carbonyl (C=O) groups excluding carboxylic acids is 3. The summed E-state index contributed by atoms with van der Waals surface area (Å²) in [7, 11) is 0. The molecular weight excluding hydrogens is 288 g/mol. The summed E-state index contributed by atoms with van der Waals surface area (Å²) in [5.41, 5.74) is -1.09. The van der Waals surface area contributed by atoms with Gasteiger partial charge in [-0.25, -0.2) is 9.59 Å². The highest BCUT2D eigenvalue weighted by molar-refractivity contribution is 5.81. The average molecular weight is 314 g/mol. The van der Waals surface area contributed by atoms with E-state index in [4.69, 9.17) is 14.2 Å². The SMILES string of the molecule is CCC(C)(C)C(=O)OCC(=O)OCC(=O)OC1(C)CCCC1. The molecule has 0 bridgehead atoms. The van der Waals surface area contributed by atoms with Crippen molar-refractivity contribution in [2.24, 2.45) is 5.41 Å². The van der Waals surface area contributed by atoms with Crippen LogP contribution in [0.3, 0.4) is 0 Å². The second-order valence-corrected chi connectivity index (χ2v) is 6.61. The summed E-state index contributed by atoms with van der Waals surface area (Å²) in [5, 5.41) is 0. The Morgan fingerprint density at radius 2 is 1.55 bits per heavy atom. The summed E-state index contributed by atoms with van der Waals surface area (Å²) in [6.07, 6.45) is 4.33. The first-order valence-corrected chi connectivity index (χ1v) is 7.73. The van der Waals surface area contributed by atoms with Crippen molar-refractivity contribution in [3.05, 3.63) is 0 Å². The van der Waals surface area contributed by atoms with Gasteiger partial charge in [0.1, 0.15) is 5.60 Å². The first-order valence-electron chi connectivity index (χ1n) is 7.73. The van der Waals surface area contributed by atoms with E-state index in [2.05, 4.69) is 0 Å². The highest BCUT2D eigenvalue weighted by Gasteiger charge is 2.33. The lowest BCUT2D eigenvalue weighted by molar-refractivity contribution is -0.173. The third-order valence-corrected chi connectivity index (χ3v) is 4.13. The molecule has 22 heavy (non-hydrogen) atoms. The van der Waals surface area contributed by atoms with Gasteiger partial charge in [0.2, 0.25) is 0 Å². The fourth-order valence-electron chi connectivity index (χ4n) is 2.17. The van der Waals surface area contributed by atoms with Crippen molar-refractivity contribution in [2.45, 2.75) is 65.4 Å². The molecule has 0 aromatic rings. The maximum absolute atomic E-state index is 11.7. The van der Waals surface area contributed by atoms with E-state index in [1.807, 2.05) is 13.8 Å². The van der Waals surface area contributed by atoms with Gasteiger partial charge < -0.3 is 14.2 Å². The molecule has 1 rings (SSSR count). The molecule has 6 nitrogen and oxygen atoms in total. The quantitative estimate of drug-likeness (QED) is 0.530. The van der Waals surface area contributed by atoms with Crippen LogP contribution in [-0.2, 0) is 28.6 Å². The first kappa shape index (κ1) is 18.5. The van der Waals surface area contributed by atoms with Gasteiger partial charge in [-0.15, -0.1) is 0 Å². The molecule has 1 saturated carbocycles. The minimum Gasteiger partial charge on any atom is -0.457 e. The lowest BCUT2D eigenvalue weighted by Gasteiger charge is -2.23. The molecule has 0 unspecified atom stereocenters. The molecule has 0 aliphatic heterocycles. The number of hydrogen-bond acceptors (Lipinski definition) is 6. The van der Waals surface area contributed by atoms with Crippen molar-refractivity contribution in [2.75, 3.05) is 13.2 Å². The smallest absolute Gasteiger partial charge is 0.344 e. The van der Waals surface area contributed by atoms with E-state index in [9.17, 15) is 14.4 Å². The van der Waals surface area contributed by atoms with Crippen molar-refractivity contribution < 1.29 is 28.6 Å². The van der Waals surface area contributed by atoms with Gasteiger partial charge in [0.15, 0.2) is 13.2 Å². The van der Waals surface area contributed by atoms with Crippen LogP contribution in [0.4, 0.5) is 0 Å². The van der Waals surface area contributed by atoms with Crippen LogP contribution >= 0.6 is 0 Å². The zero-order chi connectivity index (χ0) is 16.8. The largest absolute Gasteiger partial charge is 0.457 e. The van der Waals surface area contributed by atoms with E-state index < -0.39 is 42.1 Å². The van der Waals surface area contributed by atoms with Crippen molar-refractivity contribution in [3.63, 3.8) is 0 Å². The van der Waals surface area contributed by atoms with Crippen LogP contribution in [0.15, 0.2) is 0 Å². The van der Waals surface area contributed by atoms with E-state index in [1.165, 1.54) is 0 Å². The van der Waals surface area contributed by atoms with Crippen LogP contribution in [0.5, 0.6) is 0 Å². The highest BCUT2D eigenvalue weighted by Crippen LogP contribution is 2.32. The predicted octanol–water partition coefficient (Wildman–Crippen LogP) is 2.38. The van der Waals surface area contributed by atoms with Gasteiger partial charge in [-0.1, -0.05) is 6.92 Å². The zero-order valence-electron chi connectivity index (χ0n) is 13.9. The lowest BCUT2D eigenvalue weighted by atomic mass is 9.91. The Morgan fingerprint density at radius 3 is 2.09 bits per heavy atom. The average Bonchev–Trinajstić information content (AvgIpc) is 2.88. The molecule has 0 heterocycles. The molecule has 1 aliphatic rings. The number of rotatable bonds is 7. The van der Waals surface area contributed by atoms with Crippen molar-refractivity contribution in [1.82, 2.24) is 0 Å². The molecule has 1 fully saturated rings. The van der Waals surface area contributed by atoms with E-state index in [0.717, 1.165) is 25.7 Å². The molecule has 0 aromatic carbocycles. The Morgan fingerprint density at radius 1 is 1.00 bits per heavy atom. The lowest BCUT2D eigenvalue weighted by Crippen LogP contribution is -2.32. The van der Waals surface area contributed by atoms with Crippen LogP contribution in [0.2, 0.25) is 0 Å². The molecule has 6 heteroatoms. The number of carbonyl (C=O) groups is 3. The predicted molar refractivity (Wildman–Crippen MR) is 79.0 cm³/mol. The van der Waals surface area contributed by atoms with Crippen LogP contribution in [-0.4, -0.2) is 36.7 Å². The standard InChI is InChI=1S/C16H26O6/c1-5-15(2,3)14(19)21-10-12(17)20-11-13(18)22-16(4)8-6-7-9-16/h5-11H2,1-4H3. The Bertz CT molecular complexity index is 420. The number of esters is 3. The van der Waals surface area contributed by atoms with E-state index in [0.29, 0.717) is 6.42 Å². The van der Waals surface area contributed by atoms with Gasteiger partial charge in [0, 0.05) is 0 Å².